The lowest BCUT2D eigenvalue weighted by Crippen LogP contribution is -2.33. The van der Waals surface area contributed by atoms with Crippen molar-refractivity contribution >= 4 is 17.5 Å². The zero-order valence-electron chi connectivity index (χ0n) is 15.6. The van der Waals surface area contributed by atoms with Crippen LogP contribution < -0.4 is 15.4 Å². The number of benzene rings is 3. The topological polar surface area (TPSA) is 67.4 Å². The normalized spacial score (nSPS) is 10.4. The van der Waals surface area contributed by atoms with E-state index in [2.05, 4.69) is 10.6 Å². The Morgan fingerprint density at radius 1 is 0.821 bits per heavy atom. The highest BCUT2D eigenvalue weighted by Crippen LogP contribution is 2.22. The van der Waals surface area contributed by atoms with E-state index in [0.717, 1.165) is 11.1 Å². The first-order valence-corrected chi connectivity index (χ1v) is 9.01. The maximum absolute atomic E-state index is 12.5. The van der Waals surface area contributed by atoms with Crippen LogP contribution in [0.2, 0.25) is 0 Å². The fourth-order valence-electron chi connectivity index (χ4n) is 2.84. The number of rotatable bonds is 7. The van der Waals surface area contributed by atoms with Crippen LogP contribution in [0.1, 0.15) is 24.1 Å². The van der Waals surface area contributed by atoms with Gasteiger partial charge in [0.25, 0.3) is 5.91 Å². The van der Waals surface area contributed by atoms with Gasteiger partial charge in [0.1, 0.15) is 5.75 Å². The standard InChI is InChI=1S/C23H22N2O3/c1-17(26)24-20-12-14-21(15-13-20)28-16-22(27)25-23(18-8-4-2-5-9-18)19-10-6-3-7-11-19/h2-15,23H,16H2,1H3,(H,24,26)(H,25,27). The van der Waals surface area contributed by atoms with Gasteiger partial charge >= 0.3 is 0 Å². The first-order valence-electron chi connectivity index (χ1n) is 9.01. The Hall–Kier alpha value is -3.60. The van der Waals surface area contributed by atoms with Crippen molar-refractivity contribution in [3.05, 3.63) is 96.1 Å². The SMILES string of the molecule is CC(=O)Nc1ccc(OCC(=O)NC(c2ccccc2)c2ccccc2)cc1. The predicted molar refractivity (Wildman–Crippen MR) is 109 cm³/mol. The number of hydrogen-bond acceptors (Lipinski definition) is 3. The Labute approximate surface area is 164 Å². The molecule has 0 saturated carbocycles. The highest BCUT2D eigenvalue weighted by atomic mass is 16.5. The fraction of sp³-hybridized carbons (Fsp3) is 0.130. The van der Waals surface area contributed by atoms with Crippen molar-refractivity contribution in [2.45, 2.75) is 13.0 Å². The van der Waals surface area contributed by atoms with Crippen LogP contribution in [0.15, 0.2) is 84.9 Å². The minimum Gasteiger partial charge on any atom is -0.484 e. The van der Waals surface area contributed by atoms with Gasteiger partial charge in [-0.15, -0.1) is 0 Å². The summed E-state index contributed by atoms with van der Waals surface area (Å²) in [5, 5.41) is 5.72. The van der Waals surface area contributed by atoms with Gasteiger partial charge < -0.3 is 15.4 Å². The third-order valence-electron chi connectivity index (χ3n) is 4.12. The van der Waals surface area contributed by atoms with E-state index in [4.69, 9.17) is 4.74 Å². The van der Waals surface area contributed by atoms with Crippen molar-refractivity contribution in [3.63, 3.8) is 0 Å². The Morgan fingerprint density at radius 3 is 1.86 bits per heavy atom. The summed E-state index contributed by atoms with van der Waals surface area (Å²) in [6.45, 7) is 1.35. The molecule has 0 atom stereocenters. The Balaban J connectivity index is 1.63. The molecule has 3 aromatic rings. The first-order chi connectivity index (χ1) is 13.6. The monoisotopic (exact) mass is 374 g/mol. The number of nitrogens with one attached hydrogen (secondary N) is 2. The van der Waals surface area contributed by atoms with E-state index in [-0.39, 0.29) is 24.5 Å². The number of anilines is 1. The molecular formula is C23H22N2O3. The third-order valence-corrected chi connectivity index (χ3v) is 4.12. The van der Waals surface area contributed by atoms with E-state index in [1.54, 1.807) is 24.3 Å². The zero-order valence-corrected chi connectivity index (χ0v) is 15.6. The van der Waals surface area contributed by atoms with Crippen molar-refractivity contribution in [2.24, 2.45) is 0 Å². The molecule has 0 aliphatic heterocycles. The molecule has 0 aliphatic carbocycles. The Morgan fingerprint density at radius 2 is 1.36 bits per heavy atom. The van der Waals surface area contributed by atoms with E-state index in [9.17, 15) is 9.59 Å². The van der Waals surface area contributed by atoms with Gasteiger partial charge in [-0.3, -0.25) is 9.59 Å². The van der Waals surface area contributed by atoms with Gasteiger partial charge in [0, 0.05) is 12.6 Å². The van der Waals surface area contributed by atoms with E-state index < -0.39 is 0 Å². The molecule has 28 heavy (non-hydrogen) atoms. The van der Waals surface area contributed by atoms with E-state index >= 15 is 0 Å². The molecule has 5 nitrogen and oxygen atoms in total. The average Bonchev–Trinajstić information content (AvgIpc) is 2.72. The zero-order chi connectivity index (χ0) is 19.8. The molecule has 5 heteroatoms. The molecule has 0 spiro atoms. The molecule has 3 aromatic carbocycles. The predicted octanol–water partition coefficient (Wildman–Crippen LogP) is 3.93. The maximum Gasteiger partial charge on any atom is 0.258 e. The largest absolute Gasteiger partial charge is 0.484 e. The highest BCUT2D eigenvalue weighted by Gasteiger charge is 2.16. The van der Waals surface area contributed by atoms with Gasteiger partial charge in [-0.05, 0) is 35.4 Å². The summed E-state index contributed by atoms with van der Waals surface area (Å²) in [5.74, 6) is 0.199. The van der Waals surface area contributed by atoms with Crippen LogP contribution in [0.5, 0.6) is 5.75 Å². The maximum atomic E-state index is 12.5. The lowest BCUT2D eigenvalue weighted by molar-refractivity contribution is -0.123. The Kier molecular flexibility index (Phi) is 6.41. The smallest absolute Gasteiger partial charge is 0.258 e. The second-order valence-corrected chi connectivity index (χ2v) is 6.32. The molecule has 0 saturated heterocycles. The van der Waals surface area contributed by atoms with Gasteiger partial charge in [0.15, 0.2) is 6.61 Å². The molecule has 2 N–H and O–H groups in total. The molecule has 3 rings (SSSR count). The van der Waals surface area contributed by atoms with Crippen molar-refractivity contribution in [2.75, 3.05) is 11.9 Å². The molecule has 142 valence electrons. The summed E-state index contributed by atoms with van der Waals surface area (Å²) in [6, 6.07) is 26.3. The molecule has 0 radical (unpaired) electrons. The summed E-state index contributed by atoms with van der Waals surface area (Å²) in [6.07, 6.45) is 0. The van der Waals surface area contributed by atoms with Crippen LogP contribution in [-0.4, -0.2) is 18.4 Å². The number of carbonyl (C=O) groups is 2. The second-order valence-electron chi connectivity index (χ2n) is 6.32. The summed E-state index contributed by atoms with van der Waals surface area (Å²) >= 11 is 0. The fourth-order valence-corrected chi connectivity index (χ4v) is 2.84. The average molecular weight is 374 g/mol. The highest BCUT2D eigenvalue weighted by molar-refractivity contribution is 5.88. The molecule has 0 heterocycles. The minimum atomic E-state index is -0.249. The van der Waals surface area contributed by atoms with E-state index in [0.29, 0.717) is 11.4 Å². The second kappa shape index (κ2) is 9.37. The van der Waals surface area contributed by atoms with Crippen LogP contribution in [0, 0.1) is 0 Å². The van der Waals surface area contributed by atoms with Crippen LogP contribution in [0.3, 0.4) is 0 Å². The molecule has 0 aliphatic rings. The van der Waals surface area contributed by atoms with Gasteiger partial charge in [0.2, 0.25) is 5.91 Å². The van der Waals surface area contributed by atoms with Crippen LogP contribution in [0.25, 0.3) is 0 Å². The van der Waals surface area contributed by atoms with Crippen molar-refractivity contribution in [3.8, 4) is 5.75 Å². The molecule has 0 unspecified atom stereocenters. The van der Waals surface area contributed by atoms with Crippen LogP contribution in [-0.2, 0) is 9.59 Å². The quantitative estimate of drug-likeness (QED) is 0.658. The van der Waals surface area contributed by atoms with Crippen LogP contribution in [0.4, 0.5) is 5.69 Å². The summed E-state index contributed by atoms with van der Waals surface area (Å²) < 4.78 is 5.58. The molecule has 0 bridgehead atoms. The van der Waals surface area contributed by atoms with Gasteiger partial charge in [-0.25, -0.2) is 0 Å². The number of ether oxygens (including phenoxy) is 1. The lowest BCUT2D eigenvalue weighted by atomic mass is 9.99. The summed E-state index contributed by atoms with van der Waals surface area (Å²) in [4.78, 5) is 23.5. The van der Waals surface area contributed by atoms with E-state index in [1.807, 2.05) is 60.7 Å². The molecule has 0 aromatic heterocycles. The Bertz CT molecular complexity index is 870. The third kappa shape index (κ3) is 5.45. The van der Waals surface area contributed by atoms with E-state index in [1.165, 1.54) is 6.92 Å². The number of hydrogen-bond donors (Lipinski definition) is 2. The summed E-state index contributed by atoms with van der Waals surface area (Å²) in [5.41, 5.74) is 2.68. The van der Waals surface area contributed by atoms with Crippen LogP contribution >= 0.6 is 0 Å². The molecular weight excluding hydrogens is 352 g/mol. The number of amides is 2. The molecule has 2 amide bonds. The minimum absolute atomic E-state index is 0.102. The van der Waals surface area contributed by atoms with Gasteiger partial charge in [-0.1, -0.05) is 60.7 Å². The van der Waals surface area contributed by atoms with Gasteiger partial charge in [0.05, 0.1) is 6.04 Å². The van der Waals surface area contributed by atoms with Crippen molar-refractivity contribution in [1.82, 2.24) is 5.32 Å². The van der Waals surface area contributed by atoms with Gasteiger partial charge in [-0.2, -0.15) is 0 Å². The first kappa shape index (κ1) is 19.2. The molecule has 0 fully saturated rings. The van der Waals surface area contributed by atoms with Crippen molar-refractivity contribution < 1.29 is 14.3 Å². The summed E-state index contributed by atoms with van der Waals surface area (Å²) in [7, 11) is 0. The lowest BCUT2D eigenvalue weighted by Gasteiger charge is -2.20. The van der Waals surface area contributed by atoms with Crippen molar-refractivity contribution in [1.29, 1.82) is 0 Å². The number of carbonyl (C=O) groups excluding carboxylic acids is 2.